The maximum absolute atomic E-state index is 14.5. The van der Waals surface area contributed by atoms with Crippen LogP contribution in [0.5, 0.6) is 0 Å². The van der Waals surface area contributed by atoms with E-state index in [1.807, 2.05) is 0 Å². The molecule has 268 valence electrons. The molecule has 0 aromatic heterocycles. The zero-order valence-electron chi connectivity index (χ0n) is 26.6. The number of nitrogens with two attached hydrogens (primary N) is 1. The van der Waals surface area contributed by atoms with E-state index in [1.54, 1.807) is 0 Å². The van der Waals surface area contributed by atoms with Crippen molar-refractivity contribution in [1.29, 1.82) is 5.41 Å². The number of nitrogens with zero attached hydrogens (tertiary/aromatic N) is 1. The van der Waals surface area contributed by atoms with Crippen molar-refractivity contribution in [1.82, 2.24) is 9.62 Å². The Morgan fingerprint density at radius 2 is 1.48 bits per heavy atom. The lowest BCUT2D eigenvalue weighted by Gasteiger charge is -2.25. The number of rotatable bonds is 17. The van der Waals surface area contributed by atoms with Gasteiger partial charge in [0, 0.05) is 42.6 Å². The highest BCUT2D eigenvalue weighted by molar-refractivity contribution is 7.89. The van der Waals surface area contributed by atoms with E-state index in [2.05, 4.69) is 5.32 Å². The van der Waals surface area contributed by atoms with Gasteiger partial charge in [0.1, 0.15) is 0 Å². The first-order chi connectivity index (χ1) is 23.6. The molecule has 2 aliphatic rings. The number of benzene rings is 3. The van der Waals surface area contributed by atoms with Crippen LogP contribution in [0, 0.1) is 5.41 Å². The lowest BCUT2D eigenvalue weighted by molar-refractivity contribution is -0.137. The van der Waals surface area contributed by atoms with Gasteiger partial charge in [0.05, 0.1) is 16.6 Å². The second-order valence-electron chi connectivity index (χ2n) is 11.4. The van der Waals surface area contributed by atoms with E-state index in [-0.39, 0.29) is 73.0 Å². The first-order valence-corrected chi connectivity index (χ1v) is 18.3. The first kappa shape index (κ1) is 37.8. The third-order valence-corrected chi connectivity index (χ3v) is 10.8. The van der Waals surface area contributed by atoms with Crippen molar-refractivity contribution in [2.24, 2.45) is 0 Å². The molecule has 1 aliphatic carbocycles. The SMILES string of the molecule is N=c1ccc2c(-c3ccccc3C(=O)O)c3ccc(N)c(S(=O)(=O)O)c3oc-2c1S(=O)(=O)N(CCCCCNC(=O)O)CCCCCC(=O)O. The van der Waals surface area contributed by atoms with Crippen LogP contribution >= 0.6 is 0 Å². The van der Waals surface area contributed by atoms with Crippen LogP contribution in [0.2, 0.25) is 0 Å². The molecular weight excluding hydrogens is 697 g/mol. The maximum atomic E-state index is 14.5. The number of hydrogen-bond donors (Lipinski definition) is 7. The zero-order valence-corrected chi connectivity index (χ0v) is 28.2. The van der Waals surface area contributed by atoms with E-state index in [0.717, 1.165) is 4.31 Å². The molecule has 18 heteroatoms. The maximum Gasteiger partial charge on any atom is 0.404 e. The average molecular weight is 733 g/mol. The van der Waals surface area contributed by atoms with Crippen LogP contribution in [-0.2, 0) is 24.9 Å². The Labute approximate surface area is 286 Å². The van der Waals surface area contributed by atoms with Crippen LogP contribution in [0.4, 0.5) is 10.5 Å². The number of carboxylic acid groups (broad SMARTS) is 3. The summed E-state index contributed by atoms with van der Waals surface area (Å²) in [6, 6.07) is 10.8. The smallest absolute Gasteiger partial charge is 0.404 e. The minimum absolute atomic E-state index is 0.0145. The van der Waals surface area contributed by atoms with Crippen LogP contribution in [0.15, 0.2) is 62.7 Å². The Hall–Kier alpha value is -5.04. The predicted octanol–water partition coefficient (Wildman–Crippen LogP) is 4.28. The standard InChI is InChI=1S/C32H36N4O12S2/c33-23-14-12-21-26(19-9-4-5-10-20(19)31(39)40)22-13-15-24(34)30(50(45,46)47)28(22)48-27(21)29(23)49(43,44)36(17-7-1-3-11-25(37)38)18-8-2-6-16-35-32(41)42/h4-5,9-10,12-15,33,35H,1-3,6-8,11,16-18,34H2,(H,37,38)(H,39,40)(H,41,42)(H,45,46,47). The van der Waals surface area contributed by atoms with Crippen molar-refractivity contribution in [2.75, 3.05) is 25.4 Å². The summed E-state index contributed by atoms with van der Waals surface area (Å²) in [5.41, 5.74) is 4.87. The summed E-state index contributed by atoms with van der Waals surface area (Å²) in [6.45, 7) is -0.0183. The lowest BCUT2D eigenvalue weighted by atomic mass is 9.90. The summed E-state index contributed by atoms with van der Waals surface area (Å²) in [4.78, 5) is 32.6. The molecule has 0 spiro atoms. The fourth-order valence-electron chi connectivity index (χ4n) is 5.69. The van der Waals surface area contributed by atoms with E-state index in [1.165, 1.54) is 48.5 Å². The topological polar surface area (TPSA) is 279 Å². The van der Waals surface area contributed by atoms with Crippen molar-refractivity contribution < 1.29 is 55.5 Å². The molecule has 2 aromatic rings. The quantitative estimate of drug-likeness (QED) is 0.0346. The number of fused-ring (bicyclic) bond motifs is 2. The van der Waals surface area contributed by atoms with E-state index in [0.29, 0.717) is 19.3 Å². The second kappa shape index (κ2) is 15.7. The highest BCUT2D eigenvalue weighted by Crippen LogP contribution is 2.46. The molecule has 50 heavy (non-hydrogen) atoms. The number of nitrogens with one attached hydrogen (secondary N) is 2. The normalized spacial score (nSPS) is 12.0. The van der Waals surface area contributed by atoms with E-state index >= 15 is 0 Å². The van der Waals surface area contributed by atoms with Gasteiger partial charge < -0.3 is 30.8 Å². The molecule has 16 nitrogen and oxygen atoms in total. The summed E-state index contributed by atoms with van der Waals surface area (Å²) in [5, 5.41) is 38.3. The number of anilines is 1. The van der Waals surface area contributed by atoms with Crippen molar-refractivity contribution >= 4 is 54.8 Å². The summed E-state index contributed by atoms with van der Waals surface area (Å²) >= 11 is 0. The van der Waals surface area contributed by atoms with Gasteiger partial charge in [0.15, 0.2) is 21.1 Å². The lowest BCUT2D eigenvalue weighted by Crippen LogP contribution is -2.36. The number of sulfonamides is 1. The van der Waals surface area contributed by atoms with Crippen LogP contribution in [0.25, 0.3) is 33.4 Å². The summed E-state index contributed by atoms with van der Waals surface area (Å²) < 4.78 is 71.6. The van der Waals surface area contributed by atoms with Crippen molar-refractivity contribution in [2.45, 2.75) is 54.7 Å². The largest absolute Gasteiger partial charge is 0.481 e. The molecule has 2 aromatic carbocycles. The summed E-state index contributed by atoms with van der Waals surface area (Å²) in [7, 11) is -9.76. The molecule has 0 fully saturated rings. The van der Waals surface area contributed by atoms with E-state index in [9.17, 15) is 40.9 Å². The third kappa shape index (κ3) is 8.39. The Kier molecular flexibility index (Phi) is 11.8. The van der Waals surface area contributed by atoms with Crippen LogP contribution in [-0.4, -0.2) is 78.7 Å². The van der Waals surface area contributed by atoms with Gasteiger partial charge in [-0.1, -0.05) is 31.0 Å². The van der Waals surface area contributed by atoms with Gasteiger partial charge in [0.2, 0.25) is 10.0 Å². The molecule has 8 N–H and O–H groups in total. The van der Waals surface area contributed by atoms with Gasteiger partial charge in [-0.2, -0.15) is 12.7 Å². The number of nitrogen functional groups attached to an aromatic ring is 1. The highest BCUT2D eigenvalue weighted by Gasteiger charge is 2.35. The van der Waals surface area contributed by atoms with Crippen molar-refractivity contribution in [3.63, 3.8) is 0 Å². The summed E-state index contributed by atoms with van der Waals surface area (Å²) in [5.74, 6) is -2.83. The predicted molar refractivity (Wildman–Crippen MR) is 180 cm³/mol. The Morgan fingerprint density at radius 1 is 0.820 bits per heavy atom. The van der Waals surface area contributed by atoms with Crippen molar-refractivity contribution in [3.05, 3.63) is 59.5 Å². The first-order valence-electron chi connectivity index (χ1n) is 15.4. The average Bonchev–Trinajstić information content (AvgIpc) is 3.02. The molecule has 0 saturated carbocycles. The number of unbranched alkanes of at least 4 members (excludes halogenated alkanes) is 4. The fourth-order valence-corrected chi connectivity index (χ4v) is 8.17. The number of aliphatic carboxylic acids is 1. The summed E-state index contributed by atoms with van der Waals surface area (Å²) in [6.07, 6.45) is 0.716. The number of hydrogen-bond acceptors (Lipinski definition) is 10. The number of aromatic carboxylic acids is 1. The van der Waals surface area contributed by atoms with Gasteiger partial charge in [-0.25, -0.2) is 18.0 Å². The Morgan fingerprint density at radius 3 is 2.10 bits per heavy atom. The Balaban J connectivity index is 1.96. The minimum atomic E-state index is -5.10. The Bertz CT molecular complexity index is 2180. The monoisotopic (exact) mass is 732 g/mol. The molecule has 4 rings (SSSR count). The number of amides is 1. The third-order valence-electron chi connectivity index (χ3n) is 7.94. The van der Waals surface area contributed by atoms with Gasteiger partial charge in [-0.05, 0) is 61.6 Å². The number of carboxylic acids is 2. The molecule has 1 heterocycles. The van der Waals surface area contributed by atoms with E-state index < -0.39 is 70.4 Å². The molecule has 0 bridgehead atoms. The molecule has 0 atom stereocenters. The minimum Gasteiger partial charge on any atom is -0.481 e. The molecule has 0 radical (unpaired) electrons. The number of carbonyl (C=O) groups is 3. The van der Waals surface area contributed by atoms with Gasteiger partial charge >= 0.3 is 18.0 Å². The molecule has 0 unspecified atom stereocenters. The molecule has 1 amide bonds. The van der Waals surface area contributed by atoms with Crippen LogP contribution in [0.1, 0.15) is 55.3 Å². The van der Waals surface area contributed by atoms with Gasteiger partial charge in [-0.3, -0.25) is 14.8 Å². The molecular formula is C32H36N4O12S2. The van der Waals surface area contributed by atoms with Gasteiger partial charge in [0.25, 0.3) is 10.1 Å². The molecule has 0 saturated heterocycles. The van der Waals surface area contributed by atoms with Crippen LogP contribution < -0.4 is 16.4 Å². The second-order valence-corrected chi connectivity index (χ2v) is 14.6. The van der Waals surface area contributed by atoms with Crippen molar-refractivity contribution in [3.8, 4) is 22.5 Å². The van der Waals surface area contributed by atoms with E-state index in [4.69, 9.17) is 25.8 Å². The zero-order chi connectivity index (χ0) is 36.8. The van der Waals surface area contributed by atoms with Crippen LogP contribution in [0.3, 0.4) is 0 Å². The van der Waals surface area contributed by atoms with Gasteiger partial charge in [-0.15, -0.1) is 0 Å². The highest BCUT2D eigenvalue weighted by atomic mass is 32.2. The fraction of sp³-hybridized carbons (Fsp3) is 0.312. The molecule has 1 aliphatic heterocycles.